The van der Waals surface area contributed by atoms with Crippen molar-refractivity contribution < 1.29 is 30.9 Å². The first kappa shape index (κ1) is 21.8. The molecule has 5 nitrogen and oxygen atoms in total. The van der Waals surface area contributed by atoms with E-state index in [9.17, 15) is 21.6 Å². The fraction of sp³-hybridized carbons (Fsp3) is 0.368. The molecular weight excluding hydrogens is 406 g/mol. The first-order valence-electron chi connectivity index (χ1n) is 8.82. The van der Waals surface area contributed by atoms with Crippen LogP contribution in [0.1, 0.15) is 33.3 Å². The summed E-state index contributed by atoms with van der Waals surface area (Å²) in [5.74, 6) is 0. The van der Waals surface area contributed by atoms with E-state index in [4.69, 9.17) is 14.4 Å². The monoisotopic (exact) mass is 427 g/mol. The van der Waals surface area contributed by atoms with Gasteiger partial charge in [-0.3, -0.25) is 0 Å². The maximum Gasteiger partial charge on any atom is 0.494 e. The Kier molecular flexibility index (Phi) is 5.14. The van der Waals surface area contributed by atoms with Crippen LogP contribution in [0.15, 0.2) is 47.4 Å². The largest absolute Gasteiger partial charge is 0.494 e. The van der Waals surface area contributed by atoms with E-state index in [1.165, 1.54) is 18.2 Å². The highest BCUT2D eigenvalue weighted by molar-refractivity contribution is 7.89. The fourth-order valence-electron chi connectivity index (χ4n) is 3.11. The minimum absolute atomic E-state index is 0.138. The van der Waals surface area contributed by atoms with Gasteiger partial charge in [0, 0.05) is 0 Å². The zero-order valence-corrected chi connectivity index (χ0v) is 17.2. The molecule has 3 rings (SSSR count). The molecule has 29 heavy (non-hydrogen) atoms. The van der Waals surface area contributed by atoms with Gasteiger partial charge < -0.3 is 9.31 Å². The van der Waals surface area contributed by atoms with E-state index in [2.05, 4.69) is 0 Å². The molecule has 1 saturated heterocycles. The second-order valence-electron chi connectivity index (χ2n) is 7.94. The van der Waals surface area contributed by atoms with E-state index in [1.807, 2.05) is 0 Å². The Labute approximate surface area is 168 Å². The molecule has 0 bridgehead atoms. The standard InChI is InChI=1S/C19H21BF3NO4S/c1-17(2)18(3,4)28-20(27-17)13-10-14(12-8-6-5-7-9-12)16(19(21,22)23)15(11-13)29(24,25)26/h5-11H,1-4H3,(H2,24,25,26). The molecule has 0 amide bonds. The summed E-state index contributed by atoms with van der Waals surface area (Å²) in [6, 6.07) is 9.83. The Morgan fingerprint density at radius 3 is 1.93 bits per heavy atom. The third-order valence-corrected chi connectivity index (χ3v) is 6.26. The lowest BCUT2D eigenvalue weighted by Gasteiger charge is -2.32. The van der Waals surface area contributed by atoms with Crippen molar-refractivity contribution >= 4 is 22.6 Å². The van der Waals surface area contributed by atoms with Gasteiger partial charge in [-0.2, -0.15) is 13.2 Å². The predicted molar refractivity (Wildman–Crippen MR) is 104 cm³/mol. The van der Waals surface area contributed by atoms with Gasteiger partial charge in [-0.05, 0) is 50.4 Å². The minimum atomic E-state index is -4.94. The Hall–Kier alpha value is -1.88. The summed E-state index contributed by atoms with van der Waals surface area (Å²) >= 11 is 0. The summed E-state index contributed by atoms with van der Waals surface area (Å²) in [6.45, 7) is 7.15. The summed E-state index contributed by atoms with van der Waals surface area (Å²) in [5, 5.41) is 5.17. The zero-order chi connectivity index (χ0) is 21.8. The van der Waals surface area contributed by atoms with Gasteiger partial charge in [0.25, 0.3) is 0 Å². The van der Waals surface area contributed by atoms with E-state index in [0.717, 1.165) is 6.07 Å². The third kappa shape index (κ3) is 4.07. The number of benzene rings is 2. The van der Waals surface area contributed by atoms with Gasteiger partial charge in [-0.25, -0.2) is 13.6 Å². The third-order valence-electron chi connectivity index (χ3n) is 5.32. The van der Waals surface area contributed by atoms with Crippen molar-refractivity contribution in [1.29, 1.82) is 0 Å². The number of rotatable bonds is 3. The van der Waals surface area contributed by atoms with E-state index in [1.54, 1.807) is 45.9 Å². The number of hydrogen-bond acceptors (Lipinski definition) is 4. The smallest absolute Gasteiger partial charge is 0.399 e. The lowest BCUT2D eigenvalue weighted by molar-refractivity contribution is -0.139. The second kappa shape index (κ2) is 6.83. The number of halogens is 3. The SMILES string of the molecule is CC1(C)OB(c2cc(-c3ccccc3)c(C(F)(F)F)c(S(N)(=O)=O)c2)OC1(C)C. The van der Waals surface area contributed by atoms with Crippen LogP contribution in [0.3, 0.4) is 0 Å². The number of primary sulfonamides is 1. The van der Waals surface area contributed by atoms with Crippen molar-refractivity contribution in [2.24, 2.45) is 5.14 Å². The summed E-state index contributed by atoms with van der Waals surface area (Å²) in [4.78, 5) is -1.02. The predicted octanol–water partition coefficient (Wildman–Crippen LogP) is 3.32. The maximum atomic E-state index is 13.9. The molecule has 0 aromatic heterocycles. The van der Waals surface area contributed by atoms with Crippen LogP contribution in [0.4, 0.5) is 13.2 Å². The number of nitrogens with two attached hydrogens (primary N) is 1. The summed E-state index contributed by atoms with van der Waals surface area (Å²) in [5.41, 5.74) is -2.80. The van der Waals surface area contributed by atoms with Gasteiger partial charge in [-0.15, -0.1) is 0 Å². The number of hydrogen-bond donors (Lipinski definition) is 1. The molecule has 10 heteroatoms. The Balaban J connectivity index is 2.31. The molecule has 0 unspecified atom stereocenters. The summed E-state index contributed by atoms with van der Waals surface area (Å²) < 4.78 is 77.7. The summed E-state index contributed by atoms with van der Waals surface area (Å²) in [6.07, 6.45) is -4.94. The van der Waals surface area contributed by atoms with Crippen molar-refractivity contribution in [3.05, 3.63) is 48.0 Å². The lowest BCUT2D eigenvalue weighted by Crippen LogP contribution is -2.41. The van der Waals surface area contributed by atoms with Crippen LogP contribution in [0, 0.1) is 0 Å². The average molecular weight is 427 g/mol. The van der Waals surface area contributed by atoms with Gasteiger partial charge in [0.2, 0.25) is 10.0 Å². The van der Waals surface area contributed by atoms with Crippen LogP contribution in [0.25, 0.3) is 11.1 Å². The quantitative estimate of drug-likeness (QED) is 0.763. The molecule has 1 heterocycles. The maximum absolute atomic E-state index is 13.9. The molecule has 0 radical (unpaired) electrons. The van der Waals surface area contributed by atoms with Crippen molar-refractivity contribution in [1.82, 2.24) is 0 Å². The number of alkyl halides is 3. The molecule has 0 aliphatic carbocycles. The van der Waals surface area contributed by atoms with Gasteiger partial charge in [0.15, 0.2) is 0 Å². The van der Waals surface area contributed by atoms with Crippen molar-refractivity contribution in [2.75, 3.05) is 0 Å². The highest BCUT2D eigenvalue weighted by Crippen LogP contribution is 2.42. The minimum Gasteiger partial charge on any atom is -0.399 e. The van der Waals surface area contributed by atoms with Gasteiger partial charge >= 0.3 is 13.3 Å². The highest BCUT2D eigenvalue weighted by Gasteiger charge is 2.52. The molecule has 2 aromatic carbocycles. The molecule has 2 aromatic rings. The van der Waals surface area contributed by atoms with Crippen LogP contribution in [0.5, 0.6) is 0 Å². The van der Waals surface area contributed by atoms with Crippen LogP contribution in [-0.2, 0) is 25.5 Å². The van der Waals surface area contributed by atoms with E-state index in [-0.39, 0.29) is 16.6 Å². The molecule has 0 atom stereocenters. The van der Waals surface area contributed by atoms with Crippen molar-refractivity contribution in [3.63, 3.8) is 0 Å². The molecule has 1 aliphatic heterocycles. The van der Waals surface area contributed by atoms with E-state index >= 15 is 0 Å². The van der Waals surface area contributed by atoms with Gasteiger partial charge in [-0.1, -0.05) is 36.4 Å². The zero-order valence-electron chi connectivity index (χ0n) is 16.4. The molecule has 0 spiro atoms. The molecule has 2 N–H and O–H groups in total. The van der Waals surface area contributed by atoms with Crippen molar-refractivity contribution in [3.8, 4) is 11.1 Å². The van der Waals surface area contributed by atoms with Crippen LogP contribution in [-0.4, -0.2) is 26.7 Å². The fourth-order valence-corrected chi connectivity index (χ4v) is 3.92. The molecular formula is C19H21BF3NO4S. The molecule has 0 saturated carbocycles. The molecule has 1 fully saturated rings. The van der Waals surface area contributed by atoms with Crippen molar-refractivity contribution in [2.45, 2.75) is 50.0 Å². The summed E-state index contributed by atoms with van der Waals surface area (Å²) in [7, 11) is -5.74. The number of sulfonamides is 1. The first-order chi connectivity index (χ1) is 13.1. The van der Waals surface area contributed by atoms with Crippen LogP contribution < -0.4 is 10.6 Å². The average Bonchev–Trinajstić information content (AvgIpc) is 2.80. The second-order valence-corrected chi connectivity index (χ2v) is 9.47. The van der Waals surface area contributed by atoms with E-state index < -0.39 is 45.0 Å². The van der Waals surface area contributed by atoms with Gasteiger partial charge in [0.05, 0.1) is 21.7 Å². The molecule has 156 valence electrons. The van der Waals surface area contributed by atoms with E-state index in [0.29, 0.717) is 0 Å². The normalized spacial score (nSPS) is 18.8. The lowest BCUT2D eigenvalue weighted by atomic mass is 9.77. The van der Waals surface area contributed by atoms with Crippen LogP contribution in [0.2, 0.25) is 0 Å². The Morgan fingerprint density at radius 2 is 1.48 bits per heavy atom. The van der Waals surface area contributed by atoms with Crippen LogP contribution >= 0.6 is 0 Å². The van der Waals surface area contributed by atoms with Gasteiger partial charge in [0.1, 0.15) is 0 Å². The first-order valence-corrected chi connectivity index (χ1v) is 10.4. The Bertz CT molecular complexity index is 1020. The topological polar surface area (TPSA) is 78.6 Å². The molecule has 1 aliphatic rings. The highest BCUT2D eigenvalue weighted by atomic mass is 32.2. The Morgan fingerprint density at radius 1 is 0.966 bits per heavy atom.